The Morgan fingerprint density at radius 1 is 1.32 bits per heavy atom. The highest BCUT2D eigenvalue weighted by molar-refractivity contribution is 9.10. The average Bonchev–Trinajstić information content (AvgIpc) is 2.89. The van der Waals surface area contributed by atoms with Crippen LogP contribution in [-0.4, -0.2) is 18.1 Å². The van der Waals surface area contributed by atoms with E-state index in [1.807, 2.05) is 0 Å². The molecule has 2 heterocycles. The van der Waals surface area contributed by atoms with E-state index >= 15 is 0 Å². The van der Waals surface area contributed by atoms with E-state index in [1.54, 1.807) is 11.3 Å². The van der Waals surface area contributed by atoms with Gasteiger partial charge in [-0.05, 0) is 44.0 Å². The molecule has 0 bridgehead atoms. The van der Waals surface area contributed by atoms with Crippen LogP contribution in [0.5, 0.6) is 0 Å². The number of nitrogens with one attached hydrogen (secondary N) is 1. The molecule has 2 nitrogen and oxygen atoms in total. The van der Waals surface area contributed by atoms with E-state index < -0.39 is 0 Å². The summed E-state index contributed by atoms with van der Waals surface area (Å²) in [6, 6.07) is 8.37. The van der Waals surface area contributed by atoms with Crippen LogP contribution in [0.25, 0.3) is 11.3 Å². The summed E-state index contributed by atoms with van der Waals surface area (Å²) < 4.78 is 1.11. The molecular weight excluding hydrogens is 320 g/mol. The molecule has 100 valence electrons. The normalized spacial score (nSPS) is 19.5. The molecule has 1 aromatic heterocycles. The summed E-state index contributed by atoms with van der Waals surface area (Å²) >= 11 is 5.26. The van der Waals surface area contributed by atoms with E-state index in [0.717, 1.165) is 29.1 Å². The van der Waals surface area contributed by atoms with Gasteiger partial charge in [0.15, 0.2) is 0 Å². The highest BCUT2D eigenvalue weighted by Gasteiger charge is 2.15. The minimum Gasteiger partial charge on any atom is -0.316 e. The van der Waals surface area contributed by atoms with Gasteiger partial charge in [-0.2, -0.15) is 0 Å². The molecule has 3 rings (SSSR count). The van der Waals surface area contributed by atoms with Crippen LogP contribution in [0.3, 0.4) is 0 Å². The second kappa shape index (κ2) is 6.16. The van der Waals surface area contributed by atoms with Crippen LogP contribution in [-0.2, 0) is 6.42 Å². The van der Waals surface area contributed by atoms with E-state index in [0.29, 0.717) is 0 Å². The summed E-state index contributed by atoms with van der Waals surface area (Å²) in [6.45, 7) is 2.33. The first-order valence-electron chi connectivity index (χ1n) is 6.72. The molecule has 0 saturated carbocycles. The van der Waals surface area contributed by atoms with Crippen molar-refractivity contribution in [3.05, 3.63) is 39.1 Å². The van der Waals surface area contributed by atoms with Crippen LogP contribution in [0.15, 0.2) is 34.1 Å². The minimum atomic E-state index is 0.762. The van der Waals surface area contributed by atoms with Gasteiger partial charge < -0.3 is 5.32 Å². The van der Waals surface area contributed by atoms with E-state index in [4.69, 9.17) is 4.98 Å². The second-order valence-electron chi connectivity index (χ2n) is 5.05. The summed E-state index contributed by atoms with van der Waals surface area (Å²) in [5.41, 5.74) is 2.31. The third kappa shape index (κ3) is 3.44. The standard InChI is InChI=1S/C15H17BrN2S/c16-13-5-3-12(4-6-13)14-10-19-15(18-14)8-11-2-1-7-17-9-11/h3-6,10-11,17H,1-2,7-9H2. The Morgan fingerprint density at radius 3 is 2.89 bits per heavy atom. The van der Waals surface area contributed by atoms with Crippen LogP contribution in [0, 0.1) is 5.92 Å². The van der Waals surface area contributed by atoms with Crippen molar-refractivity contribution in [2.75, 3.05) is 13.1 Å². The first-order valence-corrected chi connectivity index (χ1v) is 8.39. The number of hydrogen-bond donors (Lipinski definition) is 1. The topological polar surface area (TPSA) is 24.9 Å². The zero-order chi connectivity index (χ0) is 13.1. The summed E-state index contributed by atoms with van der Waals surface area (Å²) in [7, 11) is 0. The van der Waals surface area contributed by atoms with Crippen molar-refractivity contribution in [3.8, 4) is 11.3 Å². The maximum absolute atomic E-state index is 4.78. The second-order valence-corrected chi connectivity index (χ2v) is 6.91. The number of nitrogens with zero attached hydrogens (tertiary/aromatic N) is 1. The minimum absolute atomic E-state index is 0.762. The summed E-state index contributed by atoms with van der Waals surface area (Å²) in [5.74, 6) is 0.762. The Balaban J connectivity index is 1.70. The lowest BCUT2D eigenvalue weighted by molar-refractivity contribution is 0.376. The fourth-order valence-electron chi connectivity index (χ4n) is 2.50. The van der Waals surface area contributed by atoms with Gasteiger partial charge in [-0.3, -0.25) is 0 Å². The molecule has 1 aliphatic rings. The molecule has 1 N–H and O–H groups in total. The number of hydrogen-bond acceptors (Lipinski definition) is 3. The van der Waals surface area contributed by atoms with Crippen molar-refractivity contribution in [2.45, 2.75) is 19.3 Å². The largest absolute Gasteiger partial charge is 0.316 e. The van der Waals surface area contributed by atoms with E-state index in [-0.39, 0.29) is 0 Å². The van der Waals surface area contributed by atoms with Gasteiger partial charge in [0.05, 0.1) is 10.7 Å². The summed E-state index contributed by atoms with van der Waals surface area (Å²) in [4.78, 5) is 4.78. The molecule has 0 radical (unpaired) electrons. The van der Waals surface area contributed by atoms with Gasteiger partial charge >= 0.3 is 0 Å². The van der Waals surface area contributed by atoms with Crippen LogP contribution in [0.2, 0.25) is 0 Å². The van der Waals surface area contributed by atoms with Gasteiger partial charge in [-0.1, -0.05) is 28.1 Å². The van der Waals surface area contributed by atoms with Gasteiger partial charge in [-0.25, -0.2) is 4.98 Å². The number of rotatable bonds is 3. The Hall–Kier alpha value is -0.710. The number of halogens is 1. The van der Waals surface area contributed by atoms with Gasteiger partial charge in [0.2, 0.25) is 0 Å². The lowest BCUT2D eigenvalue weighted by atomic mass is 9.97. The van der Waals surface area contributed by atoms with Crippen molar-refractivity contribution >= 4 is 27.3 Å². The molecule has 0 amide bonds. The van der Waals surface area contributed by atoms with Crippen LogP contribution in [0.1, 0.15) is 17.8 Å². The Labute approximate surface area is 126 Å². The maximum atomic E-state index is 4.78. The molecule has 1 unspecified atom stereocenters. The Kier molecular flexibility index (Phi) is 4.31. The summed E-state index contributed by atoms with van der Waals surface area (Å²) in [6.07, 6.45) is 3.75. The number of thiazole rings is 1. The predicted octanol–water partition coefficient (Wildman–Crippen LogP) is 4.11. The highest BCUT2D eigenvalue weighted by Crippen LogP contribution is 2.26. The monoisotopic (exact) mass is 336 g/mol. The molecule has 4 heteroatoms. The summed E-state index contributed by atoms with van der Waals surface area (Å²) in [5, 5.41) is 6.92. The lowest BCUT2D eigenvalue weighted by Crippen LogP contribution is -2.30. The zero-order valence-electron chi connectivity index (χ0n) is 10.7. The van der Waals surface area contributed by atoms with Crippen molar-refractivity contribution in [1.29, 1.82) is 0 Å². The van der Waals surface area contributed by atoms with E-state index in [1.165, 1.54) is 30.0 Å². The predicted molar refractivity (Wildman–Crippen MR) is 84.5 cm³/mol. The quantitative estimate of drug-likeness (QED) is 0.912. The number of aromatic nitrogens is 1. The van der Waals surface area contributed by atoms with Gasteiger partial charge in [0, 0.05) is 21.8 Å². The van der Waals surface area contributed by atoms with Crippen LogP contribution < -0.4 is 5.32 Å². The lowest BCUT2D eigenvalue weighted by Gasteiger charge is -2.21. The van der Waals surface area contributed by atoms with Crippen molar-refractivity contribution in [1.82, 2.24) is 10.3 Å². The fraction of sp³-hybridized carbons (Fsp3) is 0.400. The number of piperidine rings is 1. The molecule has 0 spiro atoms. The molecular formula is C15H17BrN2S. The molecule has 19 heavy (non-hydrogen) atoms. The smallest absolute Gasteiger partial charge is 0.0935 e. The van der Waals surface area contributed by atoms with Gasteiger partial charge in [-0.15, -0.1) is 11.3 Å². The fourth-order valence-corrected chi connectivity index (χ4v) is 3.69. The van der Waals surface area contributed by atoms with Crippen molar-refractivity contribution < 1.29 is 0 Å². The zero-order valence-corrected chi connectivity index (χ0v) is 13.1. The van der Waals surface area contributed by atoms with E-state index in [2.05, 4.69) is 50.9 Å². The molecule has 1 saturated heterocycles. The maximum Gasteiger partial charge on any atom is 0.0935 e. The molecule has 1 aromatic carbocycles. The number of benzene rings is 1. The Bertz CT molecular complexity index is 529. The molecule has 1 atom stereocenters. The third-order valence-corrected chi connectivity index (χ3v) is 4.95. The van der Waals surface area contributed by atoms with Gasteiger partial charge in [0.25, 0.3) is 0 Å². The Morgan fingerprint density at radius 2 is 2.16 bits per heavy atom. The molecule has 2 aromatic rings. The van der Waals surface area contributed by atoms with Gasteiger partial charge in [0.1, 0.15) is 0 Å². The average molecular weight is 337 g/mol. The molecule has 1 fully saturated rings. The SMILES string of the molecule is Brc1ccc(-c2csc(CC3CCCNC3)n2)cc1. The van der Waals surface area contributed by atoms with Crippen LogP contribution in [0.4, 0.5) is 0 Å². The molecule has 0 aliphatic carbocycles. The van der Waals surface area contributed by atoms with Crippen molar-refractivity contribution in [3.63, 3.8) is 0 Å². The first kappa shape index (κ1) is 13.3. The highest BCUT2D eigenvalue weighted by atomic mass is 79.9. The third-order valence-electron chi connectivity index (χ3n) is 3.55. The van der Waals surface area contributed by atoms with Crippen LogP contribution >= 0.6 is 27.3 Å². The van der Waals surface area contributed by atoms with Crippen molar-refractivity contribution in [2.24, 2.45) is 5.92 Å². The first-order chi connectivity index (χ1) is 9.31. The molecule has 1 aliphatic heterocycles. The van der Waals surface area contributed by atoms with E-state index in [9.17, 15) is 0 Å².